The van der Waals surface area contributed by atoms with Crippen LogP contribution in [0.15, 0.2) is 46.9 Å². The van der Waals surface area contributed by atoms with Crippen LogP contribution in [0.4, 0.5) is 0 Å². The number of carbonyl (C=O) groups excluding carboxylic acids is 1. The molecule has 0 radical (unpaired) electrons. The summed E-state index contributed by atoms with van der Waals surface area (Å²) in [6.45, 7) is 7.03. The fraction of sp³-hybridized carbons (Fsp3) is 0.333. The van der Waals surface area contributed by atoms with E-state index in [1.807, 2.05) is 51.1 Å². The summed E-state index contributed by atoms with van der Waals surface area (Å²) in [4.78, 5) is 12.6. The van der Waals surface area contributed by atoms with Crippen molar-refractivity contribution in [3.8, 4) is 11.5 Å². The van der Waals surface area contributed by atoms with Gasteiger partial charge in [-0.15, -0.1) is 0 Å². The van der Waals surface area contributed by atoms with Gasteiger partial charge in [0.25, 0.3) is 5.91 Å². The van der Waals surface area contributed by atoms with Gasteiger partial charge in [0.05, 0.1) is 18.3 Å². The third kappa shape index (κ3) is 7.13. The van der Waals surface area contributed by atoms with E-state index in [0.717, 1.165) is 22.2 Å². The molecule has 0 aliphatic carbocycles. The summed E-state index contributed by atoms with van der Waals surface area (Å²) in [5.41, 5.74) is 1.46. The summed E-state index contributed by atoms with van der Waals surface area (Å²) in [5.74, 6) is 1.04. The molecule has 0 bridgehead atoms. The molecule has 0 saturated heterocycles. The van der Waals surface area contributed by atoms with Crippen molar-refractivity contribution in [2.75, 3.05) is 6.61 Å². The van der Waals surface area contributed by atoms with Crippen molar-refractivity contribution < 1.29 is 14.3 Å². The highest BCUT2D eigenvalue weighted by Gasteiger charge is 2.14. The second-order valence-electron chi connectivity index (χ2n) is 6.44. The zero-order valence-electron chi connectivity index (χ0n) is 16.3. The summed E-state index contributed by atoms with van der Waals surface area (Å²) in [6.07, 6.45) is 0.994. The van der Waals surface area contributed by atoms with Crippen LogP contribution in [-0.2, 0) is 6.54 Å². The van der Waals surface area contributed by atoms with Crippen molar-refractivity contribution in [1.82, 2.24) is 10.6 Å². The minimum absolute atomic E-state index is 0.135. The Bertz CT molecular complexity index is 810. The third-order valence-electron chi connectivity index (χ3n) is 3.62. The summed E-state index contributed by atoms with van der Waals surface area (Å²) >= 11 is 8.64. The molecule has 2 rings (SSSR count). The van der Waals surface area contributed by atoms with Gasteiger partial charge >= 0.3 is 0 Å². The first kappa shape index (κ1) is 22.2. The number of nitrogens with one attached hydrogen (secondary N) is 2. The van der Waals surface area contributed by atoms with Gasteiger partial charge in [0.15, 0.2) is 5.11 Å². The van der Waals surface area contributed by atoms with Crippen LogP contribution in [-0.4, -0.2) is 23.7 Å². The molecule has 0 unspecified atom stereocenters. The lowest BCUT2D eigenvalue weighted by Gasteiger charge is -2.14. The molecule has 28 heavy (non-hydrogen) atoms. The number of ether oxygens (including phenoxy) is 2. The highest BCUT2D eigenvalue weighted by molar-refractivity contribution is 9.10. The van der Waals surface area contributed by atoms with E-state index in [-0.39, 0.29) is 17.1 Å². The lowest BCUT2D eigenvalue weighted by molar-refractivity contribution is 0.0972. The van der Waals surface area contributed by atoms with E-state index in [9.17, 15) is 4.79 Å². The highest BCUT2D eigenvalue weighted by Crippen LogP contribution is 2.23. The Morgan fingerprint density at radius 3 is 2.54 bits per heavy atom. The number of hydrogen-bond acceptors (Lipinski definition) is 4. The lowest BCUT2D eigenvalue weighted by Crippen LogP contribution is -2.39. The molecule has 0 saturated carbocycles. The maximum absolute atomic E-state index is 12.6. The quantitative estimate of drug-likeness (QED) is 0.547. The molecule has 0 aliphatic rings. The Kier molecular flexibility index (Phi) is 8.73. The fourth-order valence-electron chi connectivity index (χ4n) is 2.37. The Balaban J connectivity index is 1.92. The molecule has 0 fully saturated rings. The van der Waals surface area contributed by atoms with E-state index >= 15 is 0 Å². The van der Waals surface area contributed by atoms with Crippen molar-refractivity contribution in [1.29, 1.82) is 0 Å². The molecule has 0 aliphatic heterocycles. The van der Waals surface area contributed by atoms with Gasteiger partial charge in [-0.1, -0.05) is 35.0 Å². The van der Waals surface area contributed by atoms with Gasteiger partial charge in [0.1, 0.15) is 11.5 Å². The standard InChI is InChI=1S/C21H25BrN2O3S/c1-4-11-26-19-10-7-16(22)12-18(19)20(25)24-21(28)23-13-15-5-8-17(9-6-15)27-14(2)3/h5-10,12,14H,4,11,13H2,1-3H3,(H2,23,24,25,28). The topological polar surface area (TPSA) is 59.6 Å². The van der Waals surface area contributed by atoms with Gasteiger partial charge in [0, 0.05) is 11.0 Å². The number of amides is 1. The van der Waals surface area contributed by atoms with Gasteiger partial charge in [-0.3, -0.25) is 10.1 Å². The van der Waals surface area contributed by atoms with Crippen LogP contribution in [0.25, 0.3) is 0 Å². The molecule has 0 aromatic heterocycles. The van der Waals surface area contributed by atoms with Crippen LogP contribution in [0, 0.1) is 0 Å². The monoisotopic (exact) mass is 464 g/mol. The average Bonchev–Trinajstić information content (AvgIpc) is 2.66. The van der Waals surface area contributed by atoms with Crippen molar-refractivity contribution in [3.63, 3.8) is 0 Å². The predicted molar refractivity (Wildman–Crippen MR) is 119 cm³/mol. The first-order valence-electron chi connectivity index (χ1n) is 9.16. The molecule has 2 N–H and O–H groups in total. The minimum Gasteiger partial charge on any atom is -0.493 e. The second kappa shape index (κ2) is 11.0. The van der Waals surface area contributed by atoms with Gasteiger partial charge in [-0.25, -0.2) is 0 Å². The Morgan fingerprint density at radius 2 is 1.89 bits per heavy atom. The number of hydrogen-bond donors (Lipinski definition) is 2. The van der Waals surface area contributed by atoms with E-state index in [2.05, 4.69) is 26.6 Å². The van der Waals surface area contributed by atoms with Crippen molar-refractivity contribution in [2.24, 2.45) is 0 Å². The maximum Gasteiger partial charge on any atom is 0.261 e. The van der Waals surface area contributed by atoms with E-state index < -0.39 is 0 Å². The van der Waals surface area contributed by atoms with E-state index in [4.69, 9.17) is 21.7 Å². The zero-order valence-corrected chi connectivity index (χ0v) is 18.7. The smallest absolute Gasteiger partial charge is 0.261 e. The summed E-state index contributed by atoms with van der Waals surface area (Å²) < 4.78 is 12.1. The summed E-state index contributed by atoms with van der Waals surface area (Å²) in [6, 6.07) is 13.1. The fourth-order valence-corrected chi connectivity index (χ4v) is 2.90. The molecule has 2 aromatic rings. The molecular formula is C21H25BrN2O3S. The van der Waals surface area contributed by atoms with Crippen LogP contribution in [0.5, 0.6) is 11.5 Å². The molecule has 0 atom stereocenters. The van der Waals surface area contributed by atoms with Crippen LogP contribution >= 0.6 is 28.1 Å². The largest absolute Gasteiger partial charge is 0.493 e. The Labute approximate surface area is 179 Å². The first-order valence-corrected chi connectivity index (χ1v) is 10.4. The van der Waals surface area contributed by atoms with Gasteiger partial charge in [-0.2, -0.15) is 0 Å². The van der Waals surface area contributed by atoms with E-state index in [1.165, 1.54) is 0 Å². The van der Waals surface area contributed by atoms with E-state index in [0.29, 0.717) is 24.5 Å². The van der Waals surface area contributed by atoms with Gasteiger partial charge in [0.2, 0.25) is 0 Å². The highest BCUT2D eigenvalue weighted by atomic mass is 79.9. The molecule has 0 spiro atoms. The van der Waals surface area contributed by atoms with Crippen molar-refractivity contribution in [2.45, 2.75) is 39.8 Å². The SMILES string of the molecule is CCCOc1ccc(Br)cc1C(=O)NC(=S)NCc1ccc(OC(C)C)cc1. The predicted octanol–water partition coefficient (Wildman–Crippen LogP) is 4.83. The van der Waals surface area contributed by atoms with Crippen LogP contribution in [0.2, 0.25) is 0 Å². The van der Waals surface area contributed by atoms with Gasteiger partial charge < -0.3 is 14.8 Å². The number of halogens is 1. The van der Waals surface area contributed by atoms with Crippen LogP contribution in [0.3, 0.4) is 0 Å². The van der Waals surface area contributed by atoms with E-state index in [1.54, 1.807) is 12.1 Å². The zero-order chi connectivity index (χ0) is 20.5. The number of thiocarbonyl (C=S) groups is 1. The van der Waals surface area contributed by atoms with Crippen LogP contribution < -0.4 is 20.1 Å². The minimum atomic E-state index is -0.314. The van der Waals surface area contributed by atoms with Crippen molar-refractivity contribution in [3.05, 3.63) is 58.1 Å². The molecule has 1 amide bonds. The van der Waals surface area contributed by atoms with Crippen molar-refractivity contribution >= 4 is 39.2 Å². The average molecular weight is 465 g/mol. The third-order valence-corrected chi connectivity index (χ3v) is 4.36. The molecule has 5 nitrogen and oxygen atoms in total. The number of rotatable bonds is 8. The van der Waals surface area contributed by atoms with Gasteiger partial charge in [-0.05, 0) is 68.4 Å². The lowest BCUT2D eigenvalue weighted by atomic mass is 10.2. The number of carbonyl (C=O) groups is 1. The first-order chi connectivity index (χ1) is 13.4. The second-order valence-corrected chi connectivity index (χ2v) is 7.76. The molecular weight excluding hydrogens is 440 g/mol. The Morgan fingerprint density at radius 1 is 1.18 bits per heavy atom. The normalized spacial score (nSPS) is 10.5. The molecule has 0 heterocycles. The summed E-state index contributed by atoms with van der Waals surface area (Å²) in [5, 5.41) is 6.01. The maximum atomic E-state index is 12.6. The Hall–Kier alpha value is -2.12. The molecule has 2 aromatic carbocycles. The van der Waals surface area contributed by atoms with Crippen LogP contribution in [0.1, 0.15) is 43.1 Å². The molecule has 7 heteroatoms. The molecule has 150 valence electrons. The number of benzene rings is 2. The summed E-state index contributed by atoms with van der Waals surface area (Å²) in [7, 11) is 0.